The number of nitrogens with zero attached hydrogens (tertiary/aromatic N) is 1. The number of carbonyl (C=O) groups excluding carboxylic acids is 1. The van der Waals surface area contributed by atoms with Crippen LogP contribution in [0.2, 0.25) is 0 Å². The van der Waals surface area contributed by atoms with Crippen LogP contribution in [0.15, 0.2) is 18.2 Å². The summed E-state index contributed by atoms with van der Waals surface area (Å²) < 4.78 is 0. The fourth-order valence-corrected chi connectivity index (χ4v) is 1.36. The lowest BCUT2D eigenvalue weighted by atomic mass is 10.2. The molecule has 0 fully saturated rings. The van der Waals surface area contributed by atoms with Crippen molar-refractivity contribution in [1.82, 2.24) is 10.3 Å². The van der Waals surface area contributed by atoms with E-state index in [1.807, 2.05) is 19.1 Å². The van der Waals surface area contributed by atoms with E-state index in [-0.39, 0.29) is 12.0 Å². The number of aliphatic hydroxyl groups is 1. The minimum atomic E-state index is -0.311. The standard InChI is InChI=1S/C12H18N2O2/c1-9-5-3-7-11(14-9)12(16)13-8-4-6-10(2)15/h3,5,7,10,15H,4,6,8H2,1-2H3,(H,13,16). The van der Waals surface area contributed by atoms with Crippen LogP contribution in [0.4, 0.5) is 0 Å². The fraction of sp³-hybridized carbons (Fsp3) is 0.500. The smallest absolute Gasteiger partial charge is 0.269 e. The first-order chi connectivity index (χ1) is 7.59. The Bertz CT molecular complexity index is 351. The molecule has 0 bridgehead atoms. The van der Waals surface area contributed by atoms with Gasteiger partial charge in [-0.15, -0.1) is 0 Å². The van der Waals surface area contributed by atoms with E-state index >= 15 is 0 Å². The van der Waals surface area contributed by atoms with Gasteiger partial charge in [-0.05, 0) is 38.8 Å². The monoisotopic (exact) mass is 222 g/mol. The van der Waals surface area contributed by atoms with Crippen LogP contribution in [-0.4, -0.2) is 28.6 Å². The Morgan fingerprint density at radius 3 is 2.94 bits per heavy atom. The molecule has 16 heavy (non-hydrogen) atoms. The number of aromatic nitrogens is 1. The molecule has 1 aromatic heterocycles. The van der Waals surface area contributed by atoms with Crippen LogP contribution >= 0.6 is 0 Å². The van der Waals surface area contributed by atoms with Gasteiger partial charge in [0.05, 0.1) is 6.10 Å². The quantitative estimate of drug-likeness (QED) is 0.738. The molecule has 1 amide bonds. The topological polar surface area (TPSA) is 62.2 Å². The van der Waals surface area contributed by atoms with Crippen LogP contribution in [-0.2, 0) is 0 Å². The summed E-state index contributed by atoms with van der Waals surface area (Å²) in [4.78, 5) is 15.7. The van der Waals surface area contributed by atoms with Gasteiger partial charge in [0.2, 0.25) is 0 Å². The highest BCUT2D eigenvalue weighted by atomic mass is 16.3. The zero-order valence-corrected chi connectivity index (χ0v) is 9.73. The summed E-state index contributed by atoms with van der Waals surface area (Å²) in [6.07, 6.45) is 1.16. The van der Waals surface area contributed by atoms with Gasteiger partial charge in [-0.2, -0.15) is 0 Å². The molecule has 1 heterocycles. The minimum absolute atomic E-state index is 0.158. The van der Waals surface area contributed by atoms with Crippen molar-refractivity contribution in [2.24, 2.45) is 0 Å². The summed E-state index contributed by atoms with van der Waals surface area (Å²) in [7, 11) is 0. The third kappa shape index (κ3) is 4.40. The van der Waals surface area contributed by atoms with Gasteiger partial charge in [-0.1, -0.05) is 6.07 Å². The summed E-state index contributed by atoms with van der Waals surface area (Å²) in [6.45, 7) is 4.16. The highest BCUT2D eigenvalue weighted by Crippen LogP contribution is 1.98. The van der Waals surface area contributed by atoms with Crippen LogP contribution in [0.1, 0.15) is 35.9 Å². The Balaban J connectivity index is 2.35. The first-order valence-electron chi connectivity index (χ1n) is 5.49. The van der Waals surface area contributed by atoms with E-state index in [2.05, 4.69) is 10.3 Å². The first-order valence-corrected chi connectivity index (χ1v) is 5.49. The third-order valence-electron chi connectivity index (χ3n) is 2.21. The van der Waals surface area contributed by atoms with Crippen LogP contribution in [0.25, 0.3) is 0 Å². The number of hydrogen-bond acceptors (Lipinski definition) is 3. The highest BCUT2D eigenvalue weighted by molar-refractivity contribution is 5.92. The average molecular weight is 222 g/mol. The molecule has 1 rings (SSSR count). The van der Waals surface area contributed by atoms with Gasteiger partial charge in [-0.3, -0.25) is 4.79 Å². The number of aliphatic hydroxyl groups excluding tert-OH is 1. The summed E-state index contributed by atoms with van der Waals surface area (Å²) in [6, 6.07) is 5.36. The normalized spacial score (nSPS) is 12.2. The van der Waals surface area contributed by atoms with Crippen molar-refractivity contribution < 1.29 is 9.90 Å². The van der Waals surface area contributed by atoms with Crippen molar-refractivity contribution in [3.63, 3.8) is 0 Å². The van der Waals surface area contributed by atoms with Crippen molar-refractivity contribution in [2.45, 2.75) is 32.8 Å². The molecular formula is C12H18N2O2. The van der Waals surface area contributed by atoms with Gasteiger partial charge >= 0.3 is 0 Å². The Hall–Kier alpha value is -1.42. The maximum atomic E-state index is 11.6. The number of amides is 1. The van der Waals surface area contributed by atoms with Crippen molar-refractivity contribution in [3.8, 4) is 0 Å². The molecule has 0 aliphatic rings. The number of aryl methyl sites for hydroxylation is 1. The molecule has 1 atom stereocenters. The average Bonchev–Trinajstić information content (AvgIpc) is 2.24. The lowest BCUT2D eigenvalue weighted by Crippen LogP contribution is -2.26. The first kappa shape index (κ1) is 12.6. The lowest BCUT2D eigenvalue weighted by Gasteiger charge is -2.06. The van der Waals surface area contributed by atoms with Gasteiger partial charge in [0.15, 0.2) is 0 Å². The lowest BCUT2D eigenvalue weighted by molar-refractivity contribution is 0.0944. The molecule has 88 valence electrons. The van der Waals surface area contributed by atoms with E-state index in [1.165, 1.54) is 0 Å². The van der Waals surface area contributed by atoms with Crippen LogP contribution < -0.4 is 5.32 Å². The van der Waals surface area contributed by atoms with Gasteiger partial charge in [-0.25, -0.2) is 4.98 Å². The maximum Gasteiger partial charge on any atom is 0.269 e. The number of carbonyl (C=O) groups is 1. The second-order valence-electron chi connectivity index (χ2n) is 3.91. The minimum Gasteiger partial charge on any atom is -0.393 e. The van der Waals surface area contributed by atoms with Gasteiger partial charge in [0.25, 0.3) is 5.91 Å². The second-order valence-corrected chi connectivity index (χ2v) is 3.91. The van der Waals surface area contributed by atoms with E-state index < -0.39 is 0 Å². The van der Waals surface area contributed by atoms with E-state index in [0.29, 0.717) is 18.7 Å². The summed E-state index contributed by atoms with van der Waals surface area (Å²) >= 11 is 0. The summed E-state index contributed by atoms with van der Waals surface area (Å²) in [5.74, 6) is -0.158. The van der Waals surface area contributed by atoms with Crippen molar-refractivity contribution in [2.75, 3.05) is 6.54 Å². The molecule has 4 nitrogen and oxygen atoms in total. The van der Waals surface area contributed by atoms with Gasteiger partial charge < -0.3 is 10.4 Å². The van der Waals surface area contributed by atoms with E-state index in [9.17, 15) is 4.79 Å². The van der Waals surface area contributed by atoms with Crippen LogP contribution in [0, 0.1) is 6.92 Å². The number of pyridine rings is 1. The molecule has 0 saturated heterocycles. The van der Waals surface area contributed by atoms with Crippen LogP contribution in [0.3, 0.4) is 0 Å². The van der Waals surface area contributed by atoms with Crippen LogP contribution in [0.5, 0.6) is 0 Å². The molecule has 0 aliphatic carbocycles. The van der Waals surface area contributed by atoms with Gasteiger partial charge in [0.1, 0.15) is 5.69 Å². The summed E-state index contributed by atoms with van der Waals surface area (Å²) in [5, 5.41) is 11.8. The molecule has 0 saturated carbocycles. The van der Waals surface area contributed by atoms with Crippen molar-refractivity contribution >= 4 is 5.91 Å². The Labute approximate surface area is 95.7 Å². The highest BCUT2D eigenvalue weighted by Gasteiger charge is 2.06. The maximum absolute atomic E-state index is 11.6. The predicted molar refractivity (Wildman–Crippen MR) is 62.2 cm³/mol. The van der Waals surface area contributed by atoms with E-state index in [1.54, 1.807) is 13.0 Å². The van der Waals surface area contributed by atoms with Gasteiger partial charge in [0, 0.05) is 12.2 Å². The number of nitrogens with one attached hydrogen (secondary N) is 1. The molecule has 0 spiro atoms. The fourth-order valence-electron chi connectivity index (χ4n) is 1.36. The molecule has 2 N–H and O–H groups in total. The van der Waals surface area contributed by atoms with Crippen molar-refractivity contribution in [3.05, 3.63) is 29.6 Å². The zero-order chi connectivity index (χ0) is 12.0. The molecular weight excluding hydrogens is 204 g/mol. The predicted octanol–water partition coefficient (Wildman–Crippen LogP) is 1.28. The molecule has 4 heteroatoms. The van der Waals surface area contributed by atoms with Crippen molar-refractivity contribution in [1.29, 1.82) is 0 Å². The molecule has 0 aromatic carbocycles. The molecule has 0 radical (unpaired) electrons. The molecule has 0 aliphatic heterocycles. The molecule has 1 unspecified atom stereocenters. The molecule has 1 aromatic rings. The Morgan fingerprint density at radius 2 is 2.31 bits per heavy atom. The zero-order valence-electron chi connectivity index (χ0n) is 9.73. The van der Waals surface area contributed by atoms with E-state index in [4.69, 9.17) is 5.11 Å². The Kier molecular flexibility index (Phi) is 4.92. The van der Waals surface area contributed by atoms with E-state index in [0.717, 1.165) is 12.1 Å². The largest absolute Gasteiger partial charge is 0.393 e. The second kappa shape index (κ2) is 6.23. The number of hydrogen-bond donors (Lipinski definition) is 2. The summed E-state index contributed by atoms with van der Waals surface area (Å²) in [5.41, 5.74) is 1.27. The third-order valence-corrected chi connectivity index (χ3v) is 2.21. The Morgan fingerprint density at radius 1 is 1.56 bits per heavy atom. The SMILES string of the molecule is Cc1cccc(C(=O)NCCCC(C)O)n1. The number of rotatable bonds is 5.